The Balaban J connectivity index is 1.14. The van der Waals surface area contributed by atoms with E-state index in [4.69, 9.17) is 42.0 Å². The summed E-state index contributed by atoms with van der Waals surface area (Å²) >= 11 is 5.37. The number of phenols is 1. The largest absolute Gasteiger partial charge is 0.508 e. The Hall–Kier alpha value is -7.01. The molecule has 0 fully saturated rings. The van der Waals surface area contributed by atoms with Crippen LogP contribution in [0.25, 0.3) is 33.4 Å². The Morgan fingerprint density at radius 2 is 1.68 bits per heavy atom. The average molecular weight is 852 g/mol. The Kier molecular flexibility index (Phi) is 14.4. The van der Waals surface area contributed by atoms with Gasteiger partial charge < -0.3 is 76.5 Å². The Labute approximate surface area is 345 Å². The molecule has 2 aromatic carbocycles. The number of amides is 2. The number of phenolic OH excluding ortho intramolecular Hbond substituents is 1. The number of aliphatic hydroxyl groups is 2. The number of carbonyl (C=O) groups excluding carboxylic acids is 2. The molecule has 2 amide bonds. The molecule has 0 spiro atoms. The third-order valence-corrected chi connectivity index (χ3v) is 9.12. The maximum atomic E-state index is 12.8. The predicted octanol–water partition coefficient (Wildman–Crippen LogP) is 0.443. The van der Waals surface area contributed by atoms with Gasteiger partial charge in [-0.05, 0) is 60.3 Å². The highest BCUT2D eigenvalue weighted by Crippen LogP contribution is 2.42. The van der Waals surface area contributed by atoms with Gasteiger partial charge in [0.05, 0.1) is 37.5 Å². The van der Waals surface area contributed by atoms with Gasteiger partial charge in [-0.3, -0.25) is 15.0 Å². The summed E-state index contributed by atoms with van der Waals surface area (Å²) in [5.41, 5.74) is 6.92. The molecule has 3 aliphatic rings. The maximum Gasteiger partial charge on any atom is 0.407 e. The van der Waals surface area contributed by atoms with E-state index in [2.05, 4.69) is 26.6 Å². The molecule has 21 nitrogen and oxygen atoms in total. The number of thiocarbonyl (C=S) groups is 1. The second-order valence-electron chi connectivity index (χ2n) is 13.1. The van der Waals surface area contributed by atoms with Crippen molar-refractivity contribution in [1.29, 1.82) is 5.41 Å². The molecule has 0 aromatic heterocycles. The third-order valence-electron chi connectivity index (χ3n) is 8.87. The molecule has 2 aromatic rings. The molecule has 1 aliphatic carbocycles. The molecule has 0 bridgehead atoms. The van der Waals surface area contributed by atoms with Crippen LogP contribution in [0.3, 0.4) is 0 Å². The zero-order valence-corrected chi connectivity index (χ0v) is 32.4. The van der Waals surface area contributed by atoms with Crippen molar-refractivity contribution in [2.24, 2.45) is 5.73 Å². The Morgan fingerprint density at radius 3 is 2.35 bits per heavy atom. The number of rotatable bonds is 16. The summed E-state index contributed by atoms with van der Waals surface area (Å²) < 4.78 is 22.2. The molecule has 0 radical (unpaired) electrons. The van der Waals surface area contributed by atoms with Crippen LogP contribution in [0.15, 0.2) is 75.6 Å². The molecule has 22 heteroatoms. The average Bonchev–Trinajstić information content (AvgIpc) is 3.18. The minimum absolute atomic E-state index is 0.0372. The van der Waals surface area contributed by atoms with Gasteiger partial charge in [0.1, 0.15) is 23.2 Å². The second-order valence-corrected chi connectivity index (χ2v) is 13.6. The lowest BCUT2D eigenvalue weighted by molar-refractivity contribution is -0.146. The van der Waals surface area contributed by atoms with E-state index in [0.717, 1.165) is 13.0 Å². The molecule has 5 rings (SSSR count). The number of hydrogen-bond acceptors (Lipinski definition) is 14. The normalized spacial score (nSPS) is 17.0. The van der Waals surface area contributed by atoms with Crippen molar-refractivity contribution in [3.8, 4) is 28.2 Å². The number of aromatic carboxylic acids is 1. The molecule has 60 heavy (non-hydrogen) atoms. The number of guanidine groups is 1. The summed E-state index contributed by atoms with van der Waals surface area (Å²) in [6.45, 7) is 0.327. The van der Waals surface area contributed by atoms with Crippen LogP contribution in [0.4, 0.5) is 10.5 Å². The summed E-state index contributed by atoms with van der Waals surface area (Å²) in [6, 6.07) is 10.8. The van der Waals surface area contributed by atoms with Gasteiger partial charge in [0.15, 0.2) is 28.7 Å². The van der Waals surface area contributed by atoms with Crippen LogP contribution in [-0.4, -0.2) is 124 Å². The number of carboxylic acids is 2. The van der Waals surface area contributed by atoms with Crippen molar-refractivity contribution in [3.63, 3.8) is 0 Å². The molecule has 2 heterocycles. The second kappa shape index (κ2) is 19.6. The molecular formula is C38H41N7O14S. The summed E-state index contributed by atoms with van der Waals surface area (Å²) in [7, 11) is 0. The smallest absolute Gasteiger partial charge is 0.407 e. The van der Waals surface area contributed by atoms with E-state index in [1.54, 1.807) is 24.3 Å². The molecule has 318 valence electrons. The number of fused-ring (bicyclic) bond motifs is 2. The van der Waals surface area contributed by atoms with Gasteiger partial charge in [0.25, 0.3) is 0 Å². The highest BCUT2D eigenvalue weighted by molar-refractivity contribution is 7.80. The SMILES string of the molecule is CC(=O)N[C@H]1[C@H]([C@H](OC(=O)NCCOCCNC(=S)Nc2ccc(-c3c4ccc(=O)cc-4oc4cc(O)ccc34)c(C(=O)O)c2)[C@H](O)CO)OC(C(=O)O)=C[C@@H]1NC(=N)N. The number of nitrogens with one attached hydrogen (secondary N) is 6. The summed E-state index contributed by atoms with van der Waals surface area (Å²) in [5.74, 6) is -4.51. The van der Waals surface area contributed by atoms with E-state index in [1.807, 2.05) is 0 Å². The third kappa shape index (κ3) is 10.9. The molecule has 13 N–H and O–H groups in total. The standard InChI is InChI=1S/C38H41N7O14S/c1-17(47)43-31-25(45-36(39)40)15-29(35(53)54)58-33(31)32(26(50)16-46)59-38(55)42-9-11-56-10-8-41-37(60)44-18-2-5-21(24(12-18)34(51)52)30-22-6-3-19(48)13-27(22)57-28-14-20(49)4-7-23(28)30/h2-7,12-15,25-26,31-33,46,48,50H,8-11,16H2,1H3,(H,42,55)(H,43,47)(H,51,52)(H,53,54)(H4,39,40,45)(H2,41,44,60)/t25-,26+,31+,32+,33+/m0/s1. The van der Waals surface area contributed by atoms with Crippen molar-refractivity contribution >= 4 is 63.9 Å². The topological polar surface area (TPSA) is 337 Å². The Morgan fingerprint density at radius 1 is 0.967 bits per heavy atom. The molecule has 0 unspecified atom stereocenters. The van der Waals surface area contributed by atoms with Crippen LogP contribution in [-0.2, 0) is 23.8 Å². The van der Waals surface area contributed by atoms with Crippen molar-refractivity contribution < 1.29 is 63.3 Å². The van der Waals surface area contributed by atoms with E-state index < -0.39 is 72.7 Å². The first-order chi connectivity index (χ1) is 28.6. The number of hydrogen-bond donors (Lipinski definition) is 12. The van der Waals surface area contributed by atoms with Gasteiger partial charge in [-0.15, -0.1) is 0 Å². The molecule has 0 saturated carbocycles. The summed E-state index contributed by atoms with van der Waals surface area (Å²) in [4.78, 5) is 61.2. The van der Waals surface area contributed by atoms with Crippen LogP contribution in [0.1, 0.15) is 17.3 Å². The monoisotopic (exact) mass is 851 g/mol. The number of aliphatic carboxylic acids is 1. The van der Waals surface area contributed by atoms with E-state index in [9.17, 15) is 49.5 Å². The number of alkyl carbamates (subject to hydrolysis) is 1. The van der Waals surface area contributed by atoms with Gasteiger partial charge in [0, 0.05) is 54.3 Å². The number of carboxylic acid groups (broad SMARTS) is 2. The zero-order chi connectivity index (χ0) is 43.7. The molecule has 0 saturated heterocycles. The van der Waals surface area contributed by atoms with E-state index in [0.29, 0.717) is 27.8 Å². The fourth-order valence-corrected chi connectivity index (χ4v) is 6.60. The minimum Gasteiger partial charge on any atom is -0.508 e. The quantitative estimate of drug-likeness (QED) is 0.0239. The summed E-state index contributed by atoms with van der Waals surface area (Å²) in [6.07, 6.45) is -5.18. The lowest BCUT2D eigenvalue weighted by Gasteiger charge is -2.41. The number of anilines is 1. The highest BCUT2D eigenvalue weighted by Gasteiger charge is 2.46. The number of aromatic hydroxyl groups is 1. The fourth-order valence-electron chi connectivity index (χ4n) is 6.38. The van der Waals surface area contributed by atoms with Gasteiger partial charge in [-0.25, -0.2) is 14.4 Å². The first kappa shape index (κ1) is 44.1. The van der Waals surface area contributed by atoms with Crippen molar-refractivity contribution in [3.05, 3.63) is 82.2 Å². The van der Waals surface area contributed by atoms with Crippen molar-refractivity contribution in [1.82, 2.24) is 21.3 Å². The Bertz CT molecular complexity index is 2350. The van der Waals surface area contributed by atoms with E-state index in [1.165, 1.54) is 30.3 Å². The molecule has 5 atom stereocenters. The van der Waals surface area contributed by atoms with Crippen molar-refractivity contribution in [2.75, 3.05) is 38.2 Å². The zero-order valence-electron chi connectivity index (χ0n) is 31.6. The predicted molar refractivity (Wildman–Crippen MR) is 217 cm³/mol. The lowest BCUT2D eigenvalue weighted by atomic mass is 9.90. The molecular weight excluding hydrogens is 811 g/mol. The van der Waals surface area contributed by atoms with Crippen molar-refractivity contribution in [2.45, 2.75) is 37.3 Å². The number of benzene rings is 3. The van der Waals surface area contributed by atoms with Gasteiger partial charge in [0.2, 0.25) is 11.7 Å². The van der Waals surface area contributed by atoms with Crippen LogP contribution in [0.2, 0.25) is 0 Å². The van der Waals surface area contributed by atoms with E-state index in [-0.39, 0.29) is 59.5 Å². The van der Waals surface area contributed by atoms with E-state index >= 15 is 0 Å². The van der Waals surface area contributed by atoms with Crippen LogP contribution >= 0.6 is 12.2 Å². The fraction of sp³-hybridized carbons (Fsp3) is 0.289. The van der Waals surface area contributed by atoms with Crippen LogP contribution < -0.4 is 37.7 Å². The first-order valence-corrected chi connectivity index (χ1v) is 18.4. The maximum absolute atomic E-state index is 12.8. The van der Waals surface area contributed by atoms with Gasteiger partial charge in [-0.2, -0.15) is 0 Å². The highest BCUT2D eigenvalue weighted by atomic mass is 32.1. The minimum atomic E-state index is -1.80. The van der Waals surface area contributed by atoms with Crippen LogP contribution in [0.5, 0.6) is 5.75 Å². The van der Waals surface area contributed by atoms with Gasteiger partial charge in [-0.1, -0.05) is 6.07 Å². The number of carbonyl (C=O) groups is 4. The first-order valence-electron chi connectivity index (χ1n) is 18.0. The number of ether oxygens (including phenoxy) is 3. The lowest BCUT2D eigenvalue weighted by Crippen LogP contribution is -2.65. The van der Waals surface area contributed by atoms with Crippen LogP contribution in [0, 0.1) is 5.41 Å². The van der Waals surface area contributed by atoms with Gasteiger partial charge >= 0.3 is 18.0 Å². The number of aliphatic hydroxyl groups excluding tert-OH is 2. The summed E-state index contributed by atoms with van der Waals surface area (Å²) in [5, 5.41) is 71.5. The number of nitrogens with two attached hydrogens (primary N) is 1. The molecule has 2 aliphatic heterocycles.